The van der Waals surface area contributed by atoms with Crippen LogP contribution < -0.4 is 10.1 Å². The van der Waals surface area contributed by atoms with Gasteiger partial charge in [0.1, 0.15) is 5.75 Å². The Kier molecular flexibility index (Phi) is 5.60. The van der Waals surface area contributed by atoms with E-state index in [9.17, 15) is 0 Å². The Morgan fingerprint density at radius 3 is 2.44 bits per heavy atom. The lowest BCUT2D eigenvalue weighted by atomic mass is 10.0. The highest BCUT2D eigenvalue weighted by molar-refractivity contribution is 7.80. The summed E-state index contributed by atoms with van der Waals surface area (Å²) in [6.45, 7) is 0.717. The molecule has 1 aliphatic heterocycles. The molecule has 5 rings (SSSR count). The number of nitrogens with one attached hydrogen (secondary N) is 1. The first-order valence-electron chi connectivity index (χ1n) is 10.6. The number of methoxy groups -OCH3 is 1. The summed E-state index contributed by atoms with van der Waals surface area (Å²) < 4.78 is 7.55. The first-order chi connectivity index (χ1) is 15.7. The Bertz CT molecular complexity index is 1190. The summed E-state index contributed by atoms with van der Waals surface area (Å²) in [5, 5.41) is 4.27. The maximum Gasteiger partial charge on any atom is 0.170 e. The zero-order valence-electron chi connectivity index (χ0n) is 17.8. The van der Waals surface area contributed by atoms with Crippen LogP contribution in [0.5, 0.6) is 5.75 Å². The van der Waals surface area contributed by atoms with E-state index in [1.54, 1.807) is 7.11 Å². The van der Waals surface area contributed by atoms with Crippen molar-refractivity contribution in [1.29, 1.82) is 0 Å². The van der Waals surface area contributed by atoms with E-state index in [-0.39, 0.29) is 12.1 Å². The van der Waals surface area contributed by atoms with E-state index in [2.05, 4.69) is 80.6 Å². The third kappa shape index (κ3) is 3.85. The van der Waals surface area contributed by atoms with Crippen molar-refractivity contribution in [3.63, 3.8) is 0 Å². The van der Waals surface area contributed by atoms with Gasteiger partial charge in [-0.2, -0.15) is 0 Å². The van der Waals surface area contributed by atoms with E-state index in [1.165, 1.54) is 5.56 Å². The summed E-state index contributed by atoms with van der Waals surface area (Å²) in [5.74, 6) is 0.836. The number of hydrogen-bond acceptors (Lipinski definition) is 3. The predicted octanol–water partition coefficient (Wildman–Crippen LogP) is 5.05. The monoisotopic (exact) mass is 440 g/mol. The number of ether oxygens (including phenoxy) is 1. The van der Waals surface area contributed by atoms with Gasteiger partial charge in [0.15, 0.2) is 5.11 Å². The summed E-state index contributed by atoms with van der Waals surface area (Å²) >= 11 is 5.82. The minimum atomic E-state index is -0.0562. The fraction of sp³-hybridized carbons (Fsp3) is 0.154. The van der Waals surface area contributed by atoms with Crippen molar-refractivity contribution in [3.8, 4) is 11.4 Å². The summed E-state index contributed by atoms with van der Waals surface area (Å²) in [5.41, 5.74) is 4.40. The molecule has 160 valence electrons. The molecule has 2 aromatic carbocycles. The van der Waals surface area contributed by atoms with Crippen LogP contribution >= 0.6 is 12.2 Å². The number of aromatic nitrogens is 2. The summed E-state index contributed by atoms with van der Waals surface area (Å²) in [6, 6.07) is 28.7. The maximum absolute atomic E-state index is 5.82. The largest absolute Gasteiger partial charge is 0.497 e. The van der Waals surface area contributed by atoms with Crippen LogP contribution in [-0.2, 0) is 6.54 Å². The Balaban J connectivity index is 1.58. The summed E-state index contributed by atoms with van der Waals surface area (Å²) in [6.07, 6.45) is 3.92. The third-order valence-corrected chi connectivity index (χ3v) is 6.18. The molecule has 0 aliphatic carbocycles. The molecule has 32 heavy (non-hydrogen) atoms. The number of pyridine rings is 1. The Morgan fingerprint density at radius 2 is 1.72 bits per heavy atom. The molecule has 1 aliphatic rings. The van der Waals surface area contributed by atoms with E-state index in [4.69, 9.17) is 17.0 Å². The number of rotatable bonds is 6. The van der Waals surface area contributed by atoms with Crippen LogP contribution in [0.2, 0.25) is 0 Å². The van der Waals surface area contributed by atoms with Gasteiger partial charge in [0, 0.05) is 30.3 Å². The van der Waals surface area contributed by atoms with Crippen molar-refractivity contribution >= 4 is 17.3 Å². The minimum Gasteiger partial charge on any atom is -0.497 e. The molecule has 4 aromatic rings. The molecule has 1 saturated heterocycles. The van der Waals surface area contributed by atoms with Gasteiger partial charge in [-0.1, -0.05) is 36.4 Å². The van der Waals surface area contributed by atoms with E-state index >= 15 is 0 Å². The van der Waals surface area contributed by atoms with Crippen molar-refractivity contribution < 1.29 is 4.74 Å². The molecule has 1 N–H and O–H groups in total. The van der Waals surface area contributed by atoms with E-state index in [0.29, 0.717) is 6.54 Å². The van der Waals surface area contributed by atoms with Gasteiger partial charge in [-0.3, -0.25) is 4.98 Å². The molecule has 5 nitrogen and oxygen atoms in total. The molecule has 6 heteroatoms. The number of nitrogens with zero attached hydrogens (tertiary/aromatic N) is 3. The zero-order valence-corrected chi connectivity index (χ0v) is 18.6. The summed E-state index contributed by atoms with van der Waals surface area (Å²) in [7, 11) is 1.68. The molecule has 2 aromatic heterocycles. The smallest absolute Gasteiger partial charge is 0.170 e. The molecule has 1 fully saturated rings. The average Bonchev–Trinajstić information content (AvgIpc) is 3.45. The van der Waals surface area contributed by atoms with Gasteiger partial charge in [-0.15, -0.1) is 0 Å². The van der Waals surface area contributed by atoms with Crippen LogP contribution in [0.15, 0.2) is 97.3 Å². The molecular formula is C26H24N4OS. The van der Waals surface area contributed by atoms with Crippen LogP contribution in [0.3, 0.4) is 0 Å². The number of thiocarbonyl (C=S) groups is 1. The molecule has 0 radical (unpaired) electrons. The van der Waals surface area contributed by atoms with E-state index in [0.717, 1.165) is 27.9 Å². The second kappa shape index (κ2) is 8.85. The predicted molar refractivity (Wildman–Crippen MR) is 130 cm³/mol. The first kappa shape index (κ1) is 20.3. The number of benzene rings is 2. The second-order valence-corrected chi connectivity index (χ2v) is 8.13. The lowest BCUT2D eigenvalue weighted by molar-refractivity contribution is 0.302. The maximum atomic E-state index is 5.82. The standard InChI is InChI=1S/C26H24N4OS/c1-31-21-14-12-20(13-15-21)29-17-7-11-23(29)25-24(22-10-5-6-16-27-22)28-26(32)30(25)18-19-8-3-2-4-9-19/h2-17,24-25H,18H2,1H3,(H,28,32)/t24-,25-/m0/s1. The van der Waals surface area contributed by atoms with Crippen LogP contribution in [0.25, 0.3) is 5.69 Å². The molecule has 0 spiro atoms. The van der Waals surface area contributed by atoms with E-state index < -0.39 is 0 Å². The van der Waals surface area contributed by atoms with Crippen LogP contribution in [0.4, 0.5) is 0 Å². The lowest BCUT2D eigenvalue weighted by Crippen LogP contribution is -2.30. The highest BCUT2D eigenvalue weighted by Crippen LogP contribution is 2.40. The number of hydrogen-bond donors (Lipinski definition) is 1. The fourth-order valence-corrected chi connectivity index (χ4v) is 4.60. The quantitative estimate of drug-likeness (QED) is 0.425. The van der Waals surface area contributed by atoms with Gasteiger partial charge in [-0.25, -0.2) is 0 Å². The van der Waals surface area contributed by atoms with Crippen LogP contribution in [0.1, 0.15) is 29.0 Å². The Morgan fingerprint density at radius 1 is 0.938 bits per heavy atom. The third-order valence-electron chi connectivity index (χ3n) is 5.83. The molecular weight excluding hydrogens is 416 g/mol. The van der Waals surface area contributed by atoms with E-state index in [1.807, 2.05) is 36.5 Å². The van der Waals surface area contributed by atoms with Gasteiger partial charge < -0.3 is 19.5 Å². The van der Waals surface area contributed by atoms with Gasteiger partial charge >= 0.3 is 0 Å². The zero-order chi connectivity index (χ0) is 21.9. The molecule has 2 atom stereocenters. The second-order valence-electron chi connectivity index (χ2n) is 7.74. The SMILES string of the molecule is COc1ccc(-n2cccc2[C@H]2[C@H](c3ccccn3)NC(=S)N2Cc2ccccc2)cc1. The van der Waals surface area contributed by atoms with Crippen molar-refractivity contribution in [2.45, 2.75) is 18.6 Å². The lowest BCUT2D eigenvalue weighted by Gasteiger charge is -2.29. The topological polar surface area (TPSA) is 42.3 Å². The molecule has 0 bridgehead atoms. The van der Waals surface area contributed by atoms with Gasteiger partial charge in [-0.05, 0) is 66.3 Å². The van der Waals surface area contributed by atoms with Gasteiger partial charge in [0.05, 0.1) is 24.9 Å². The molecule has 0 amide bonds. The first-order valence-corrected chi connectivity index (χ1v) is 11.0. The van der Waals surface area contributed by atoms with Crippen LogP contribution in [-0.4, -0.2) is 26.7 Å². The normalized spacial score (nSPS) is 17.9. The Labute approximate surface area is 193 Å². The highest BCUT2D eigenvalue weighted by atomic mass is 32.1. The molecule has 3 heterocycles. The van der Waals surface area contributed by atoms with Gasteiger partial charge in [0.25, 0.3) is 0 Å². The highest BCUT2D eigenvalue weighted by Gasteiger charge is 2.41. The van der Waals surface area contributed by atoms with Crippen molar-refractivity contribution in [1.82, 2.24) is 19.8 Å². The molecule has 0 saturated carbocycles. The molecule has 0 unspecified atom stereocenters. The Hall–Kier alpha value is -3.64. The van der Waals surface area contributed by atoms with Gasteiger partial charge in [0.2, 0.25) is 0 Å². The van der Waals surface area contributed by atoms with Crippen molar-refractivity contribution in [2.24, 2.45) is 0 Å². The van der Waals surface area contributed by atoms with Crippen molar-refractivity contribution in [3.05, 3.63) is 114 Å². The summed E-state index contributed by atoms with van der Waals surface area (Å²) in [4.78, 5) is 6.91. The minimum absolute atomic E-state index is 0.0188. The fourth-order valence-electron chi connectivity index (χ4n) is 4.29. The van der Waals surface area contributed by atoms with Crippen molar-refractivity contribution in [2.75, 3.05) is 7.11 Å². The van der Waals surface area contributed by atoms with Crippen LogP contribution in [0, 0.1) is 0 Å². The average molecular weight is 441 g/mol.